The van der Waals surface area contributed by atoms with Crippen LogP contribution in [0.5, 0.6) is 0 Å². The van der Waals surface area contributed by atoms with Gasteiger partial charge in [-0.05, 0) is 5.56 Å². The Morgan fingerprint density at radius 2 is 1.62 bits per heavy atom. The molecular formula is C17H26ClN3O4S. The van der Waals surface area contributed by atoms with E-state index in [2.05, 4.69) is 0 Å². The third-order valence-electron chi connectivity index (χ3n) is 5.51. The summed E-state index contributed by atoms with van der Waals surface area (Å²) in [4.78, 5) is 0. The summed E-state index contributed by atoms with van der Waals surface area (Å²) in [5, 5.41) is 0. The molecule has 0 unspecified atom stereocenters. The molecule has 1 aromatic rings. The van der Waals surface area contributed by atoms with E-state index < -0.39 is 16.0 Å². The Hall–Kier alpha value is -0.740. The van der Waals surface area contributed by atoms with Gasteiger partial charge in [0, 0.05) is 51.0 Å². The maximum absolute atomic E-state index is 13.0. The minimum absolute atomic E-state index is 0. The number of ether oxygens (including phenoxy) is 2. The molecule has 2 atom stereocenters. The normalized spacial score (nSPS) is 29.7. The minimum atomic E-state index is -3.51. The van der Waals surface area contributed by atoms with Gasteiger partial charge in [-0.2, -0.15) is 17.0 Å². The molecule has 9 heteroatoms. The first-order valence-corrected chi connectivity index (χ1v) is 10.2. The van der Waals surface area contributed by atoms with E-state index >= 15 is 0 Å². The quantitative estimate of drug-likeness (QED) is 0.811. The lowest BCUT2D eigenvalue weighted by Gasteiger charge is -2.38. The van der Waals surface area contributed by atoms with Crippen LogP contribution >= 0.6 is 12.4 Å². The molecule has 0 bridgehead atoms. The molecule has 7 nitrogen and oxygen atoms in total. The third-order valence-corrected chi connectivity index (χ3v) is 7.48. The van der Waals surface area contributed by atoms with Crippen LogP contribution in [-0.2, 0) is 19.7 Å². The highest BCUT2D eigenvalue weighted by Crippen LogP contribution is 2.34. The molecule has 3 saturated heterocycles. The Bertz CT molecular complexity index is 702. The van der Waals surface area contributed by atoms with Crippen molar-refractivity contribution in [2.45, 2.75) is 30.6 Å². The van der Waals surface area contributed by atoms with Gasteiger partial charge < -0.3 is 15.2 Å². The standard InChI is InChI=1S/C17H25N3O4S.ClH/c18-16-13-20(12-15(16)14-4-2-1-3-5-14)25(21,22)19-8-6-17(7-9-19)23-10-11-24-17;/h1-5,15-16H,6-13,18H2;1H/t15-,16+;/m0./s1. The molecule has 1 spiro atoms. The topological polar surface area (TPSA) is 85.1 Å². The Balaban J connectivity index is 0.00000196. The van der Waals surface area contributed by atoms with Crippen molar-refractivity contribution in [3.63, 3.8) is 0 Å². The van der Waals surface area contributed by atoms with Crippen molar-refractivity contribution in [2.24, 2.45) is 5.73 Å². The summed E-state index contributed by atoms with van der Waals surface area (Å²) in [6.07, 6.45) is 1.16. The van der Waals surface area contributed by atoms with Gasteiger partial charge in [0.25, 0.3) is 10.2 Å². The predicted octanol–water partition coefficient (Wildman–Crippen LogP) is 0.919. The zero-order valence-corrected chi connectivity index (χ0v) is 16.3. The second-order valence-electron chi connectivity index (χ2n) is 7.01. The molecule has 0 aromatic heterocycles. The number of piperidine rings is 1. The van der Waals surface area contributed by atoms with Crippen molar-refractivity contribution in [3.8, 4) is 0 Å². The van der Waals surface area contributed by atoms with Crippen LogP contribution < -0.4 is 5.73 Å². The number of hydrogen-bond donors (Lipinski definition) is 1. The van der Waals surface area contributed by atoms with Crippen LogP contribution in [0.3, 0.4) is 0 Å². The van der Waals surface area contributed by atoms with Gasteiger partial charge in [0.1, 0.15) is 0 Å². The summed E-state index contributed by atoms with van der Waals surface area (Å²) in [6, 6.07) is 9.72. The molecule has 1 aromatic carbocycles. The average molecular weight is 404 g/mol. The zero-order chi connectivity index (χ0) is 17.5. The van der Waals surface area contributed by atoms with E-state index in [0.717, 1.165) is 5.56 Å². The Labute approximate surface area is 161 Å². The Kier molecular flexibility index (Phi) is 5.93. The first-order chi connectivity index (χ1) is 12.0. The minimum Gasteiger partial charge on any atom is -0.347 e. The van der Waals surface area contributed by atoms with Crippen LogP contribution in [0.2, 0.25) is 0 Å². The van der Waals surface area contributed by atoms with Crippen LogP contribution in [0.4, 0.5) is 0 Å². The lowest BCUT2D eigenvalue weighted by atomic mass is 9.95. The average Bonchev–Trinajstić information content (AvgIpc) is 3.23. The van der Waals surface area contributed by atoms with Crippen molar-refractivity contribution < 1.29 is 17.9 Å². The summed E-state index contributed by atoms with van der Waals surface area (Å²) in [5.74, 6) is -0.534. The van der Waals surface area contributed by atoms with Crippen LogP contribution in [0.15, 0.2) is 30.3 Å². The molecule has 0 amide bonds. The van der Waals surface area contributed by atoms with E-state index in [1.807, 2.05) is 30.3 Å². The van der Waals surface area contributed by atoms with E-state index in [4.69, 9.17) is 15.2 Å². The fraction of sp³-hybridized carbons (Fsp3) is 0.647. The molecule has 3 aliphatic rings. The SMILES string of the molecule is Cl.N[C@@H]1CN(S(=O)(=O)N2CCC3(CC2)OCCO3)C[C@H]1c1ccccc1. The largest absolute Gasteiger partial charge is 0.347 e. The summed E-state index contributed by atoms with van der Waals surface area (Å²) in [6.45, 7) is 2.81. The lowest BCUT2D eigenvalue weighted by molar-refractivity contribution is -0.179. The van der Waals surface area contributed by atoms with Gasteiger partial charge in [0.2, 0.25) is 0 Å². The smallest absolute Gasteiger partial charge is 0.282 e. The molecule has 3 heterocycles. The van der Waals surface area contributed by atoms with Crippen LogP contribution in [0.25, 0.3) is 0 Å². The van der Waals surface area contributed by atoms with E-state index in [9.17, 15) is 8.42 Å². The van der Waals surface area contributed by atoms with E-state index in [1.54, 1.807) is 4.31 Å². The van der Waals surface area contributed by atoms with Crippen LogP contribution in [0, 0.1) is 0 Å². The summed E-state index contributed by atoms with van der Waals surface area (Å²) >= 11 is 0. The van der Waals surface area contributed by atoms with Gasteiger partial charge in [0.05, 0.1) is 13.2 Å². The molecule has 3 aliphatic heterocycles. The first-order valence-electron chi connectivity index (χ1n) is 8.84. The zero-order valence-electron chi connectivity index (χ0n) is 14.6. The van der Waals surface area contributed by atoms with Crippen molar-refractivity contribution >= 4 is 22.6 Å². The number of halogens is 1. The molecule has 0 radical (unpaired) electrons. The Morgan fingerprint density at radius 1 is 1.00 bits per heavy atom. The van der Waals surface area contributed by atoms with Crippen LogP contribution in [0.1, 0.15) is 24.3 Å². The maximum Gasteiger partial charge on any atom is 0.282 e. The van der Waals surface area contributed by atoms with E-state index in [-0.39, 0.29) is 24.4 Å². The fourth-order valence-electron chi connectivity index (χ4n) is 4.04. The number of nitrogens with zero attached hydrogens (tertiary/aromatic N) is 2. The highest BCUT2D eigenvalue weighted by molar-refractivity contribution is 7.86. The Morgan fingerprint density at radius 3 is 2.23 bits per heavy atom. The lowest BCUT2D eigenvalue weighted by Crippen LogP contribution is -2.51. The predicted molar refractivity (Wildman–Crippen MR) is 100 cm³/mol. The van der Waals surface area contributed by atoms with Gasteiger partial charge in [-0.15, -0.1) is 12.4 Å². The van der Waals surface area contributed by atoms with Gasteiger partial charge in [-0.1, -0.05) is 30.3 Å². The highest BCUT2D eigenvalue weighted by atomic mass is 35.5. The number of benzene rings is 1. The molecule has 26 heavy (non-hydrogen) atoms. The molecule has 0 aliphatic carbocycles. The van der Waals surface area contributed by atoms with Crippen LogP contribution in [-0.4, -0.2) is 68.2 Å². The van der Waals surface area contributed by atoms with E-state index in [1.165, 1.54) is 4.31 Å². The van der Waals surface area contributed by atoms with Crippen molar-refractivity contribution in [1.82, 2.24) is 8.61 Å². The molecule has 146 valence electrons. The summed E-state index contributed by atoms with van der Waals surface area (Å²) in [5.41, 5.74) is 7.35. The van der Waals surface area contributed by atoms with Crippen molar-refractivity contribution in [2.75, 3.05) is 39.4 Å². The highest BCUT2D eigenvalue weighted by Gasteiger charge is 2.46. The number of hydrogen-bond acceptors (Lipinski definition) is 5. The summed E-state index contributed by atoms with van der Waals surface area (Å²) < 4.78 is 40.5. The van der Waals surface area contributed by atoms with Gasteiger partial charge >= 0.3 is 0 Å². The molecule has 3 fully saturated rings. The van der Waals surface area contributed by atoms with Gasteiger partial charge in [-0.3, -0.25) is 0 Å². The number of nitrogens with two attached hydrogens (primary N) is 1. The molecule has 4 rings (SSSR count). The monoisotopic (exact) mass is 403 g/mol. The van der Waals surface area contributed by atoms with Crippen molar-refractivity contribution in [3.05, 3.63) is 35.9 Å². The molecule has 0 saturated carbocycles. The van der Waals surface area contributed by atoms with Gasteiger partial charge in [0.15, 0.2) is 5.79 Å². The second kappa shape index (κ2) is 7.71. The van der Waals surface area contributed by atoms with Gasteiger partial charge in [-0.25, -0.2) is 0 Å². The molecule has 2 N–H and O–H groups in total. The van der Waals surface area contributed by atoms with Crippen molar-refractivity contribution in [1.29, 1.82) is 0 Å². The molecular weight excluding hydrogens is 378 g/mol. The van der Waals surface area contributed by atoms with E-state index in [0.29, 0.717) is 52.2 Å². The fourth-order valence-corrected chi connectivity index (χ4v) is 5.72. The second-order valence-corrected chi connectivity index (χ2v) is 8.94. The number of rotatable bonds is 3. The first kappa shape index (κ1) is 20.0. The third kappa shape index (κ3) is 3.64. The summed E-state index contributed by atoms with van der Waals surface area (Å²) in [7, 11) is -3.51. The maximum atomic E-state index is 13.0.